The molecule has 2 aromatic carbocycles. The Hall–Kier alpha value is -1.85. The molecule has 5 heteroatoms. The van der Waals surface area contributed by atoms with Crippen LogP contribution in [0.3, 0.4) is 0 Å². The van der Waals surface area contributed by atoms with Crippen LogP contribution in [0.25, 0.3) is 0 Å². The molecule has 0 heterocycles. The molecule has 0 saturated carbocycles. The summed E-state index contributed by atoms with van der Waals surface area (Å²) >= 11 is 0. The molecular formula is C15H17NO3S. The van der Waals surface area contributed by atoms with Gasteiger partial charge in [0.1, 0.15) is 0 Å². The number of anilines is 1. The Labute approximate surface area is 119 Å². The van der Waals surface area contributed by atoms with Crippen LogP contribution >= 0.6 is 0 Å². The quantitative estimate of drug-likeness (QED) is 0.910. The maximum Gasteiger partial charge on any atom is 0.261 e. The number of aliphatic hydroxyl groups is 1. The Bertz CT molecular complexity index is 703. The smallest absolute Gasteiger partial charge is 0.261 e. The van der Waals surface area contributed by atoms with Crippen molar-refractivity contribution in [3.63, 3.8) is 0 Å². The van der Waals surface area contributed by atoms with Crippen LogP contribution in [-0.4, -0.2) is 13.5 Å². The number of rotatable bonds is 4. The Kier molecular flexibility index (Phi) is 4.11. The lowest BCUT2D eigenvalue weighted by Gasteiger charge is -2.10. The van der Waals surface area contributed by atoms with Crippen LogP contribution in [0.2, 0.25) is 0 Å². The summed E-state index contributed by atoms with van der Waals surface area (Å²) in [5, 5.41) is 9.07. The van der Waals surface area contributed by atoms with E-state index in [2.05, 4.69) is 4.72 Å². The first kappa shape index (κ1) is 14.6. The summed E-state index contributed by atoms with van der Waals surface area (Å²) in [6.45, 7) is 3.59. The number of aryl methyl sites for hydroxylation is 2. The maximum absolute atomic E-state index is 12.3. The van der Waals surface area contributed by atoms with Crippen molar-refractivity contribution in [2.45, 2.75) is 25.3 Å². The van der Waals surface area contributed by atoms with Crippen molar-refractivity contribution in [1.82, 2.24) is 0 Å². The largest absolute Gasteiger partial charge is 0.392 e. The van der Waals surface area contributed by atoms with E-state index < -0.39 is 10.0 Å². The van der Waals surface area contributed by atoms with Gasteiger partial charge in [0.25, 0.3) is 10.0 Å². The third kappa shape index (κ3) is 3.37. The average Bonchev–Trinajstić information content (AvgIpc) is 2.37. The molecule has 20 heavy (non-hydrogen) atoms. The highest BCUT2D eigenvalue weighted by Crippen LogP contribution is 2.19. The van der Waals surface area contributed by atoms with Gasteiger partial charge >= 0.3 is 0 Å². The van der Waals surface area contributed by atoms with Gasteiger partial charge in [0.05, 0.1) is 11.5 Å². The van der Waals surface area contributed by atoms with Crippen LogP contribution in [0.1, 0.15) is 16.7 Å². The zero-order chi connectivity index (χ0) is 14.8. The van der Waals surface area contributed by atoms with Gasteiger partial charge in [-0.1, -0.05) is 18.2 Å². The minimum absolute atomic E-state index is 0.126. The average molecular weight is 291 g/mol. The summed E-state index contributed by atoms with van der Waals surface area (Å²) in [5.41, 5.74) is 2.89. The lowest BCUT2D eigenvalue weighted by Crippen LogP contribution is -2.13. The van der Waals surface area contributed by atoms with Crippen LogP contribution in [-0.2, 0) is 16.6 Å². The van der Waals surface area contributed by atoms with E-state index in [0.717, 1.165) is 11.1 Å². The van der Waals surface area contributed by atoms with Gasteiger partial charge in [-0.25, -0.2) is 8.42 Å². The number of nitrogens with one attached hydrogen (secondary N) is 1. The molecule has 2 rings (SSSR count). The van der Waals surface area contributed by atoms with E-state index in [-0.39, 0.29) is 11.5 Å². The second kappa shape index (κ2) is 5.64. The molecule has 0 unspecified atom stereocenters. The molecule has 2 N–H and O–H groups in total. The summed E-state index contributed by atoms with van der Waals surface area (Å²) in [5.74, 6) is 0. The molecule has 0 aliphatic heterocycles. The Morgan fingerprint density at radius 1 is 1.05 bits per heavy atom. The van der Waals surface area contributed by atoms with Crippen LogP contribution in [0.5, 0.6) is 0 Å². The molecule has 0 aliphatic rings. The maximum atomic E-state index is 12.3. The van der Waals surface area contributed by atoms with Crippen molar-refractivity contribution in [2.75, 3.05) is 4.72 Å². The Balaban J connectivity index is 2.35. The number of hydrogen-bond acceptors (Lipinski definition) is 3. The molecule has 0 bridgehead atoms. The van der Waals surface area contributed by atoms with Gasteiger partial charge in [-0.2, -0.15) is 0 Å². The van der Waals surface area contributed by atoms with E-state index in [0.29, 0.717) is 11.3 Å². The molecular weight excluding hydrogens is 274 g/mol. The molecule has 4 nitrogen and oxygen atoms in total. The first-order valence-corrected chi connectivity index (χ1v) is 7.70. The molecule has 0 spiro atoms. The van der Waals surface area contributed by atoms with Crippen molar-refractivity contribution in [3.8, 4) is 0 Å². The fourth-order valence-corrected chi connectivity index (χ4v) is 3.27. The molecule has 0 radical (unpaired) electrons. The van der Waals surface area contributed by atoms with Crippen molar-refractivity contribution in [3.05, 3.63) is 59.2 Å². The van der Waals surface area contributed by atoms with Gasteiger partial charge in [0.15, 0.2) is 0 Å². The van der Waals surface area contributed by atoms with E-state index in [9.17, 15) is 8.42 Å². The number of benzene rings is 2. The topological polar surface area (TPSA) is 66.4 Å². The molecule has 0 amide bonds. The van der Waals surface area contributed by atoms with Crippen LogP contribution < -0.4 is 4.72 Å². The van der Waals surface area contributed by atoms with Gasteiger partial charge in [-0.05, 0) is 54.8 Å². The van der Waals surface area contributed by atoms with E-state index >= 15 is 0 Å². The third-order valence-electron chi connectivity index (χ3n) is 2.87. The first-order valence-electron chi connectivity index (χ1n) is 6.21. The number of sulfonamides is 1. The Morgan fingerprint density at radius 3 is 2.30 bits per heavy atom. The van der Waals surface area contributed by atoms with E-state index in [1.807, 2.05) is 19.9 Å². The summed E-state index contributed by atoms with van der Waals surface area (Å²) in [7, 11) is -3.61. The third-order valence-corrected chi connectivity index (χ3v) is 4.23. The van der Waals surface area contributed by atoms with Gasteiger partial charge in [-0.3, -0.25) is 4.72 Å². The molecule has 0 atom stereocenters. The minimum atomic E-state index is -3.61. The number of aliphatic hydroxyl groups excluding tert-OH is 1. The highest BCUT2D eigenvalue weighted by molar-refractivity contribution is 7.92. The van der Waals surface area contributed by atoms with Crippen LogP contribution in [0, 0.1) is 13.8 Å². The predicted molar refractivity (Wildman–Crippen MR) is 79.1 cm³/mol. The predicted octanol–water partition coefficient (Wildman–Crippen LogP) is 2.60. The van der Waals surface area contributed by atoms with E-state index in [4.69, 9.17) is 5.11 Å². The molecule has 0 aliphatic carbocycles. The van der Waals surface area contributed by atoms with Crippen molar-refractivity contribution < 1.29 is 13.5 Å². The van der Waals surface area contributed by atoms with Crippen LogP contribution in [0.15, 0.2) is 47.4 Å². The van der Waals surface area contributed by atoms with Crippen molar-refractivity contribution in [1.29, 1.82) is 0 Å². The minimum Gasteiger partial charge on any atom is -0.392 e. The molecule has 0 aromatic heterocycles. The van der Waals surface area contributed by atoms with Gasteiger partial charge in [0, 0.05) is 5.69 Å². The van der Waals surface area contributed by atoms with Crippen LogP contribution in [0.4, 0.5) is 5.69 Å². The zero-order valence-corrected chi connectivity index (χ0v) is 12.2. The van der Waals surface area contributed by atoms with Gasteiger partial charge in [-0.15, -0.1) is 0 Å². The van der Waals surface area contributed by atoms with E-state index in [1.165, 1.54) is 0 Å². The zero-order valence-electron chi connectivity index (χ0n) is 11.4. The highest BCUT2D eigenvalue weighted by Gasteiger charge is 2.15. The highest BCUT2D eigenvalue weighted by atomic mass is 32.2. The van der Waals surface area contributed by atoms with E-state index in [1.54, 1.807) is 36.4 Å². The van der Waals surface area contributed by atoms with Crippen molar-refractivity contribution in [2.24, 2.45) is 0 Å². The molecule has 0 fully saturated rings. The lowest BCUT2D eigenvalue weighted by molar-refractivity contribution is 0.282. The van der Waals surface area contributed by atoms with Crippen molar-refractivity contribution >= 4 is 15.7 Å². The van der Waals surface area contributed by atoms with Gasteiger partial charge < -0.3 is 5.11 Å². The SMILES string of the molecule is Cc1cc(C)cc(S(=O)(=O)Nc2cccc(CO)c2)c1. The summed E-state index contributed by atoms with van der Waals surface area (Å²) < 4.78 is 27.2. The summed E-state index contributed by atoms with van der Waals surface area (Å²) in [4.78, 5) is 0.240. The first-order chi connectivity index (χ1) is 9.40. The second-order valence-corrected chi connectivity index (χ2v) is 6.47. The number of hydrogen-bond donors (Lipinski definition) is 2. The monoisotopic (exact) mass is 291 g/mol. The molecule has 2 aromatic rings. The second-order valence-electron chi connectivity index (χ2n) is 4.79. The fourth-order valence-electron chi connectivity index (χ4n) is 2.04. The molecule has 0 saturated heterocycles. The normalized spacial score (nSPS) is 11.3. The summed E-state index contributed by atoms with van der Waals surface area (Å²) in [6, 6.07) is 11.9. The van der Waals surface area contributed by atoms with Gasteiger partial charge in [0.2, 0.25) is 0 Å². The molecule has 106 valence electrons. The standard InChI is InChI=1S/C15H17NO3S/c1-11-6-12(2)8-15(7-11)20(18,19)16-14-5-3-4-13(9-14)10-17/h3-9,16-17H,10H2,1-2H3. The summed E-state index contributed by atoms with van der Waals surface area (Å²) in [6.07, 6.45) is 0. The Morgan fingerprint density at radius 2 is 1.70 bits per heavy atom. The fraction of sp³-hybridized carbons (Fsp3) is 0.200. The lowest BCUT2D eigenvalue weighted by atomic mass is 10.2.